The predicted molar refractivity (Wildman–Crippen MR) is 106 cm³/mol. The topological polar surface area (TPSA) is 99.2 Å². The van der Waals surface area contributed by atoms with E-state index in [2.05, 4.69) is 14.9 Å². The van der Waals surface area contributed by atoms with Gasteiger partial charge in [0.1, 0.15) is 5.75 Å². The Bertz CT molecular complexity index is 1360. The summed E-state index contributed by atoms with van der Waals surface area (Å²) in [5, 5.41) is 17.6. The molecule has 0 fully saturated rings. The molecule has 0 unspecified atom stereocenters. The number of carboxylic acids is 1. The maximum Gasteiger partial charge on any atom is 0.573 e. The summed E-state index contributed by atoms with van der Waals surface area (Å²) >= 11 is 0. The second kappa shape index (κ2) is 8.02. The number of carbonyl (C=O) groups is 1. The fourth-order valence-corrected chi connectivity index (χ4v) is 3.01. The van der Waals surface area contributed by atoms with Crippen molar-refractivity contribution in [2.24, 2.45) is 0 Å². The summed E-state index contributed by atoms with van der Waals surface area (Å²) in [6.45, 7) is 0. The fraction of sp³-hybridized carbons (Fsp3) is 0.0476. The van der Waals surface area contributed by atoms with Crippen molar-refractivity contribution in [1.82, 2.24) is 19.6 Å². The van der Waals surface area contributed by atoms with Gasteiger partial charge >= 0.3 is 12.3 Å². The van der Waals surface area contributed by atoms with Gasteiger partial charge in [-0.15, -0.1) is 13.2 Å². The van der Waals surface area contributed by atoms with Gasteiger partial charge in [-0.1, -0.05) is 12.1 Å². The Morgan fingerprint density at radius 2 is 1.75 bits per heavy atom. The zero-order valence-corrected chi connectivity index (χ0v) is 16.0. The van der Waals surface area contributed by atoms with E-state index in [-0.39, 0.29) is 22.6 Å². The Hall–Kier alpha value is -4.41. The lowest BCUT2D eigenvalue weighted by molar-refractivity contribution is -0.274. The zero-order valence-electron chi connectivity index (χ0n) is 16.0. The molecule has 32 heavy (non-hydrogen) atoms. The first kappa shape index (κ1) is 20.8. The number of halogens is 3. The van der Waals surface area contributed by atoms with Gasteiger partial charge < -0.3 is 9.84 Å². The van der Waals surface area contributed by atoms with Crippen LogP contribution >= 0.6 is 0 Å². The minimum Gasteiger partial charge on any atom is -0.478 e. The minimum atomic E-state index is -4.85. The van der Waals surface area contributed by atoms with Gasteiger partial charge in [-0.25, -0.2) is 14.2 Å². The molecule has 2 aromatic carbocycles. The normalized spacial score (nSPS) is 11.3. The van der Waals surface area contributed by atoms with E-state index in [1.54, 1.807) is 6.07 Å². The third-order valence-corrected chi connectivity index (χ3v) is 4.35. The van der Waals surface area contributed by atoms with E-state index < -0.39 is 23.5 Å². The van der Waals surface area contributed by atoms with Crippen LogP contribution in [0, 0.1) is 0 Å². The van der Waals surface area contributed by atoms with Crippen molar-refractivity contribution in [3.63, 3.8) is 0 Å². The summed E-state index contributed by atoms with van der Waals surface area (Å²) in [5.74, 6) is -1.56. The van der Waals surface area contributed by atoms with Crippen LogP contribution in [-0.2, 0) is 0 Å². The molecule has 8 nitrogen and oxygen atoms in total. The summed E-state index contributed by atoms with van der Waals surface area (Å²) in [6, 6.07) is 13.8. The highest BCUT2D eigenvalue weighted by Crippen LogP contribution is 2.25. The molecule has 2 heterocycles. The van der Waals surface area contributed by atoms with Crippen molar-refractivity contribution in [3.05, 3.63) is 88.8 Å². The number of carboxylic acid groups (broad SMARTS) is 1. The molecule has 0 saturated heterocycles. The minimum absolute atomic E-state index is 0.0314. The fourth-order valence-electron chi connectivity index (χ4n) is 3.01. The molecule has 2 aromatic heterocycles. The van der Waals surface area contributed by atoms with Crippen molar-refractivity contribution < 1.29 is 27.8 Å². The molecular weight excluding hydrogens is 429 g/mol. The smallest absolute Gasteiger partial charge is 0.478 e. The van der Waals surface area contributed by atoms with Gasteiger partial charge in [-0.05, 0) is 36.4 Å². The van der Waals surface area contributed by atoms with E-state index in [1.165, 1.54) is 64.2 Å². The third kappa shape index (κ3) is 4.36. The Balaban J connectivity index is 1.77. The highest BCUT2D eigenvalue weighted by molar-refractivity contribution is 5.88. The molecule has 0 saturated carbocycles. The lowest BCUT2D eigenvalue weighted by Gasteiger charge is -2.12. The summed E-state index contributed by atoms with van der Waals surface area (Å²) < 4.78 is 44.1. The molecule has 0 aliphatic rings. The molecule has 0 aliphatic heterocycles. The first-order valence-corrected chi connectivity index (χ1v) is 9.05. The Morgan fingerprint density at radius 3 is 2.50 bits per heavy atom. The standard InChI is InChI=1S/C21H13F3N4O4/c22-21(23,24)32-16-6-2-4-14(12-16)27-10-8-18(29)19(26-27)17-7-9-25-28(17)15-5-1-3-13(11-15)20(30)31/h1-12H,(H,30,31). The number of aromatic carboxylic acids is 1. The van der Waals surface area contributed by atoms with Gasteiger partial charge in [0.15, 0.2) is 5.69 Å². The highest BCUT2D eigenvalue weighted by atomic mass is 19.4. The Kier molecular flexibility index (Phi) is 5.23. The predicted octanol–water partition coefficient (Wildman–Crippen LogP) is 3.68. The molecule has 0 bridgehead atoms. The summed E-state index contributed by atoms with van der Waals surface area (Å²) in [7, 11) is 0. The van der Waals surface area contributed by atoms with E-state index >= 15 is 0 Å². The van der Waals surface area contributed by atoms with Crippen LogP contribution in [0.15, 0.2) is 77.9 Å². The molecule has 11 heteroatoms. The average molecular weight is 442 g/mol. The van der Waals surface area contributed by atoms with Gasteiger partial charge in [0.05, 0.1) is 28.8 Å². The van der Waals surface area contributed by atoms with Gasteiger partial charge in [-0.2, -0.15) is 10.2 Å². The van der Waals surface area contributed by atoms with E-state index in [4.69, 9.17) is 0 Å². The number of nitrogens with zero attached hydrogens (tertiary/aromatic N) is 4. The monoisotopic (exact) mass is 442 g/mol. The maximum absolute atomic E-state index is 12.5. The SMILES string of the molecule is O=C(O)c1cccc(-n2nccc2-c2nn(-c3cccc(OC(F)(F)F)c3)ccc2=O)c1. The summed E-state index contributed by atoms with van der Waals surface area (Å²) in [6.07, 6.45) is -2.12. The van der Waals surface area contributed by atoms with Crippen molar-refractivity contribution in [1.29, 1.82) is 0 Å². The van der Waals surface area contributed by atoms with Crippen LogP contribution in [0.2, 0.25) is 0 Å². The quantitative estimate of drug-likeness (QED) is 0.506. The number of benzene rings is 2. The number of hydrogen-bond acceptors (Lipinski definition) is 5. The molecule has 162 valence electrons. The van der Waals surface area contributed by atoms with E-state index in [0.717, 1.165) is 12.1 Å². The molecule has 0 atom stereocenters. The van der Waals surface area contributed by atoms with Gasteiger partial charge in [-0.3, -0.25) is 4.79 Å². The third-order valence-electron chi connectivity index (χ3n) is 4.35. The number of ether oxygens (including phenoxy) is 1. The van der Waals surface area contributed by atoms with Crippen LogP contribution in [0.3, 0.4) is 0 Å². The van der Waals surface area contributed by atoms with Crippen molar-refractivity contribution in [2.75, 3.05) is 0 Å². The number of aromatic nitrogens is 4. The largest absolute Gasteiger partial charge is 0.573 e. The second-order valence-corrected chi connectivity index (χ2v) is 6.50. The highest BCUT2D eigenvalue weighted by Gasteiger charge is 2.31. The van der Waals surface area contributed by atoms with Gasteiger partial charge in [0, 0.05) is 18.3 Å². The van der Waals surface area contributed by atoms with Gasteiger partial charge in [0.25, 0.3) is 0 Å². The van der Waals surface area contributed by atoms with Crippen LogP contribution < -0.4 is 10.2 Å². The molecule has 1 N–H and O–H groups in total. The summed E-state index contributed by atoms with van der Waals surface area (Å²) in [5.41, 5.74) is 0.431. The number of hydrogen-bond donors (Lipinski definition) is 1. The Labute approximate surface area is 177 Å². The molecule has 0 spiro atoms. The van der Waals surface area contributed by atoms with E-state index in [9.17, 15) is 27.9 Å². The average Bonchev–Trinajstić information content (AvgIpc) is 3.23. The van der Waals surface area contributed by atoms with Crippen LogP contribution in [-0.4, -0.2) is 37.0 Å². The zero-order chi connectivity index (χ0) is 22.9. The van der Waals surface area contributed by atoms with Crippen LogP contribution in [0.25, 0.3) is 22.8 Å². The molecular formula is C21H13F3N4O4. The first-order valence-electron chi connectivity index (χ1n) is 9.05. The van der Waals surface area contributed by atoms with Crippen molar-refractivity contribution >= 4 is 5.97 Å². The van der Waals surface area contributed by atoms with E-state index in [0.29, 0.717) is 5.69 Å². The first-order chi connectivity index (χ1) is 15.2. The van der Waals surface area contributed by atoms with Crippen molar-refractivity contribution in [3.8, 4) is 28.5 Å². The van der Waals surface area contributed by atoms with Gasteiger partial charge in [0.2, 0.25) is 5.43 Å². The van der Waals surface area contributed by atoms with Crippen LogP contribution in [0.1, 0.15) is 10.4 Å². The molecule has 0 amide bonds. The number of rotatable bonds is 5. The lowest BCUT2D eigenvalue weighted by Crippen LogP contribution is -2.17. The molecule has 4 aromatic rings. The van der Waals surface area contributed by atoms with E-state index in [1.807, 2.05) is 0 Å². The van der Waals surface area contributed by atoms with Crippen LogP contribution in [0.5, 0.6) is 5.75 Å². The van der Waals surface area contributed by atoms with Crippen LogP contribution in [0.4, 0.5) is 13.2 Å². The molecule has 0 radical (unpaired) electrons. The molecule has 0 aliphatic carbocycles. The molecule has 4 rings (SSSR count). The second-order valence-electron chi connectivity index (χ2n) is 6.50. The maximum atomic E-state index is 12.5. The lowest BCUT2D eigenvalue weighted by atomic mass is 10.2. The number of alkyl halides is 3. The summed E-state index contributed by atoms with van der Waals surface area (Å²) in [4.78, 5) is 23.8. The van der Waals surface area contributed by atoms with Crippen molar-refractivity contribution in [2.45, 2.75) is 6.36 Å². The Morgan fingerprint density at radius 1 is 1.00 bits per heavy atom.